The van der Waals surface area contributed by atoms with Crippen molar-refractivity contribution in [2.75, 3.05) is 0 Å². The minimum absolute atomic E-state index is 0.156. The Morgan fingerprint density at radius 3 is 2.57 bits per heavy atom. The number of thiophene rings is 1. The summed E-state index contributed by atoms with van der Waals surface area (Å²) in [5.41, 5.74) is 1.72. The Labute approximate surface area is 135 Å². The molecule has 0 bridgehead atoms. The van der Waals surface area contributed by atoms with Gasteiger partial charge in [0, 0.05) is 15.5 Å². The molecule has 0 aliphatic carbocycles. The minimum atomic E-state index is -0.330. The van der Waals surface area contributed by atoms with Crippen LogP contribution in [0.5, 0.6) is 0 Å². The number of alkyl halides is 1. The highest BCUT2D eigenvalue weighted by Crippen LogP contribution is 2.36. The smallest absolute Gasteiger partial charge is 0.260 e. The number of benzene rings is 1. The molecule has 1 atom stereocenters. The van der Waals surface area contributed by atoms with E-state index in [2.05, 4.69) is 9.97 Å². The zero-order valence-electron chi connectivity index (χ0n) is 11.4. The Balaban J connectivity index is 2.31. The van der Waals surface area contributed by atoms with Gasteiger partial charge in [0.2, 0.25) is 0 Å². The van der Waals surface area contributed by atoms with E-state index in [-0.39, 0.29) is 10.9 Å². The molecule has 1 unspecified atom stereocenters. The van der Waals surface area contributed by atoms with Crippen LogP contribution >= 0.6 is 34.5 Å². The van der Waals surface area contributed by atoms with Crippen LogP contribution in [0.15, 0.2) is 29.1 Å². The van der Waals surface area contributed by atoms with Crippen molar-refractivity contribution in [2.45, 2.75) is 19.2 Å². The van der Waals surface area contributed by atoms with Gasteiger partial charge in [0.15, 0.2) is 0 Å². The largest absolute Gasteiger partial charge is 0.309 e. The summed E-state index contributed by atoms with van der Waals surface area (Å²) in [4.78, 5) is 21.4. The number of aromatic amines is 1. The number of hydrogen-bond acceptors (Lipinski definition) is 3. The maximum absolute atomic E-state index is 12.4. The zero-order chi connectivity index (χ0) is 15.1. The molecule has 0 fully saturated rings. The van der Waals surface area contributed by atoms with Crippen LogP contribution in [-0.2, 0) is 0 Å². The van der Waals surface area contributed by atoms with Crippen LogP contribution in [0.3, 0.4) is 0 Å². The van der Waals surface area contributed by atoms with E-state index in [1.165, 1.54) is 11.3 Å². The molecule has 3 rings (SSSR count). The zero-order valence-corrected chi connectivity index (χ0v) is 13.7. The van der Waals surface area contributed by atoms with Gasteiger partial charge in [-0.1, -0.05) is 23.7 Å². The van der Waals surface area contributed by atoms with Crippen LogP contribution in [0.25, 0.3) is 21.3 Å². The summed E-state index contributed by atoms with van der Waals surface area (Å²) in [5, 5.41) is 0.950. The predicted octanol–water partition coefficient (Wildman–Crippen LogP) is 4.91. The Hall–Kier alpha value is -1.36. The lowest BCUT2D eigenvalue weighted by Gasteiger charge is -2.04. The first-order valence-corrected chi connectivity index (χ1v) is 8.04. The summed E-state index contributed by atoms with van der Waals surface area (Å²) < 4.78 is 0. The number of hydrogen-bond donors (Lipinski definition) is 1. The maximum Gasteiger partial charge on any atom is 0.260 e. The average molecular weight is 339 g/mol. The van der Waals surface area contributed by atoms with Crippen molar-refractivity contribution in [1.29, 1.82) is 0 Å². The van der Waals surface area contributed by atoms with Crippen molar-refractivity contribution >= 4 is 44.8 Å². The Morgan fingerprint density at radius 1 is 1.29 bits per heavy atom. The predicted molar refractivity (Wildman–Crippen MR) is 89.7 cm³/mol. The third-order valence-electron chi connectivity index (χ3n) is 3.27. The average Bonchev–Trinajstić information content (AvgIpc) is 2.76. The topological polar surface area (TPSA) is 45.8 Å². The second kappa shape index (κ2) is 5.44. The van der Waals surface area contributed by atoms with E-state index in [1.54, 1.807) is 6.92 Å². The second-order valence-electron chi connectivity index (χ2n) is 4.79. The summed E-state index contributed by atoms with van der Waals surface area (Å²) in [7, 11) is 0. The van der Waals surface area contributed by atoms with Crippen molar-refractivity contribution < 1.29 is 0 Å². The molecule has 108 valence electrons. The van der Waals surface area contributed by atoms with E-state index in [4.69, 9.17) is 23.2 Å². The first kappa shape index (κ1) is 14.6. The van der Waals surface area contributed by atoms with Crippen LogP contribution in [-0.4, -0.2) is 9.97 Å². The van der Waals surface area contributed by atoms with E-state index in [0.29, 0.717) is 21.1 Å². The number of nitrogens with zero attached hydrogens (tertiary/aromatic N) is 1. The summed E-state index contributed by atoms with van der Waals surface area (Å²) in [6.07, 6.45) is 0. The van der Waals surface area contributed by atoms with Gasteiger partial charge in [0.25, 0.3) is 5.56 Å². The molecule has 3 aromatic rings. The summed E-state index contributed by atoms with van der Waals surface area (Å²) >= 11 is 13.4. The van der Waals surface area contributed by atoms with Gasteiger partial charge in [-0.05, 0) is 31.5 Å². The summed E-state index contributed by atoms with van der Waals surface area (Å²) in [6, 6.07) is 7.45. The van der Waals surface area contributed by atoms with Gasteiger partial charge in [0.1, 0.15) is 10.7 Å². The van der Waals surface area contributed by atoms with Crippen LogP contribution < -0.4 is 5.56 Å². The number of H-pyrrole nitrogens is 1. The minimum Gasteiger partial charge on any atom is -0.309 e. The lowest BCUT2D eigenvalue weighted by molar-refractivity contribution is 0.917. The van der Waals surface area contributed by atoms with Gasteiger partial charge < -0.3 is 4.98 Å². The number of aryl methyl sites for hydroxylation is 1. The molecule has 6 heteroatoms. The molecular weight excluding hydrogens is 327 g/mol. The molecule has 0 aliphatic heterocycles. The van der Waals surface area contributed by atoms with Crippen molar-refractivity contribution in [1.82, 2.24) is 9.97 Å². The third kappa shape index (κ3) is 2.59. The molecule has 0 aliphatic rings. The van der Waals surface area contributed by atoms with Gasteiger partial charge in [-0.15, -0.1) is 22.9 Å². The van der Waals surface area contributed by atoms with Gasteiger partial charge in [-0.2, -0.15) is 0 Å². The molecule has 3 nitrogen and oxygen atoms in total. The van der Waals surface area contributed by atoms with Crippen LogP contribution in [0.2, 0.25) is 5.02 Å². The van der Waals surface area contributed by atoms with Crippen LogP contribution in [0.4, 0.5) is 0 Å². The van der Waals surface area contributed by atoms with E-state index < -0.39 is 0 Å². The lowest BCUT2D eigenvalue weighted by atomic mass is 10.0. The van der Waals surface area contributed by atoms with Crippen LogP contribution in [0.1, 0.15) is 23.0 Å². The summed E-state index contributed by atoms with van der Waals surface area (Å²) in [5.74, 6) is 0.498. The number of aromatic nitrogens is 2. The molecule has 0 saturated carbocycles. The molecule has 0 saturated heterocycles. The third-order valence-corrected chi connectivity index (χ3v) is 4.72. The molecule has 2 aromatic heterocycles. The highest BCUT2D eigenvalue weighted by molar-refractivity contribution is 7.19. The fraction of sp³-hybridized carbons (Fsp3) is 0.200. The van der Waals surface area contributed by atoms with Crippen molar-refractivity contribution in [3.63, 3.8) is 0 Å². The Kier molecular flexibility index (Phi) is 3.78. The van der Waals surface area contributed by atoms with Gasteiger partial charge in [-0.3, -0.25) is 4.79 Å². The number of fused-ring (bicyclic) bond motifs is 1. The molecule has 0 spiro atoms. The maximum atomic E-state index is 12.4. The fourth-order valence-corrected chi connectivity index (χ4v) is 3.57. The standard InChI is InChI=1S/C15H12Cl2N2OS/c1-7(16)13-18-14(20)12-11(8(2)21-15(12)19-13)9-3-5-10(17)6-4-9/h3-7H,1-2H3,(H,18,19,20). The van der Waals surface area contributed by atoms with E-state index in [1.807, 2.05) is 31.2 Å². The normalized spacial score (nSPS) is 12.8. The van der Waals surface area contributed by atoms with Crippen molar-refractivity contribution in [2.24, 2.45) is 0 Å². The number of halogens is 2. The van der Waals surface area contributed by atoms with Crippen molar-refractivity contribution in [3.8, 4) is 11.1 Å². The van der Waals surface area contributed by atoms with Gasteiger partial charge >= 0.3 is 0 Å². The second-order valence-corrected chi connectivity index (χ2v) is 7.08. The quantitative estimate of drug-likeness (QED) is 0.674. The Morgan fingerprint density at radius 2 is 1.95 bits per heavy atom. The molecular formula is C15H12Cl2N2OS. The fourth-order valence-electron chi connectivity index (χ4n) is 2.29. The number of rotatable bonds is 2. The number of nitrogens with one attached hydrogen (secondary N) is 1. The lowest BCUT2D eigenvalue weighted by Crippen LogP contribution is -2.11. The highest BCUT2D eigenvalue weighted by atomic mass is 35.5. The van der Waals surface area contributed by atoms with E-state index >= 15 is 0 Å². The van der Waals surface area contributed by atoms with Gasteiger partial charge in [-0.25, -0.2) is 4.98 Å². The van der Waals surface area contributed by atoms with Crippen molar-refractivity contribution in [3.05, 3.63) is 50.3 Å². The molecule has 21 heavy (non-hydrogen) atoms. The van der Waals surface area contributed by atoms with Crippen LogP contribution in [0, 0.1) is 6.92 Å². The summed E-state index contributed by atoms with van der Waals surface area (Å²) in [6.45, 7) is 3.77. The molecule has 0 amide bonds. The monoisotopic (exact) mass is 338 g/mol. The molecule has 1 N–H and O–H groups in total. The highest BCUT2D eigenvalue weighted by Gasteiger charge is 2.17. The first-order valence-electron chi connectivity index (χ1n) is 6.40. The van der Waals surface area contributed by atoms with E-state index in [0.717, 1.165) is 16.0 Å². The first-order chi connectivity index (χ1) is 9.97. The SMILES string of the molecule is Cc1sc2nc(C(C)Cl)[nH]c(=O)c2c1-c1ccc(Cl)cc1. The Bertz CT molecular complexity index is 866. The molecule has 1 aromatic carbocycles. The molecule has 2 heterocycles. The van der Waals surface area contributed by atoms with E-state index in [9.17, 15) is 4.79 Å². The molecule has 0 radical (unpaired) electrons. The van der Waals surface area contributed by atoms with Gasteiger partial charge in [0.05, 0.1) is 10.8 Å².